The van der Waals surface area contributed by atoms with Gasteiger partial charge in [0.1, 0.15) is 11.6 Å². The number of hydrogen-bond donors (Lipinski definition) is 1. The lowest BCUT2D eigenvalue weighted by molar-refractivity contribution is -0.122. The van der Waals surface area contributed by atoms with Crippen molar-refractivity contribution in [3.8, 4) is 11.8 Å². The molecule has 1 aromatic heterocycles. The van der Waals surface area contributed by atoms with Crippen molar-refractivity contribution in [3.63, 3.8) is 0 Å². The standard InChI is InChI=1S/C16H16BrClN4O2/c1-10-8-15(22(21-10)7-3-6-19)20-16(23)11(2)24-14-5-4-12(18)9-13(14)17/h4-5,8-9,11H,3,7H2,1-2H3,(H,20,23). The van der Waals surface area contributed by atoms with E-state index < -0.39 is 6.10 Å². The zero-order chi connectivity index (χ0) is 17.7. The van der Waals surface area contributed by atoms with Gasteiger partial charge >= 0.3 is 0 Å². The number of carbonyl (C=O) groups excluding carboxylic acids is 1. The highest BCUT2D eigenvalue weighted by molar-refractivity contribution is 9.10. The number of nitrogens with zero attached hydrogens (tertiary/aromatic N) is 3. The van der Waals surface area contributed by atoms with Crippen LogP contribution in [0.3, 0.4) is 0 Å². The molecule has 0 bridgehead atoms. The molecule has 0 radical (unpaired) electrons. The molecule has 1 N–H and O–H groups in total. The van der Waals surface area contributed by atoms with Gasteiger partial charge in [-0.15, -0.1) is 0 Å². The second kappa shape index (κ2) is 8.18. The molecule has 1 amide bonds. The smallest absolute Gasteiger partial charge is 0.266 e. The van der Waals surface area contributed by atoms with Crippen LogP contribution < -0.4 is 10.1 Å². The molecule has 0 aliphatic carbocycles. The van der Waals surface area contributed by atoms with E-state index in [0.717, 1.165) is 5.69 Å². The molecule has 0 aliphatic rings. The molecule has 0 aliphatic heterocycles. The van der Waals surface area contributed by atoms with Gasteiger partial charge in [0, 0.05) is 11.1 Å². The highest BCUT2D eigenvalue weighted by Gasteiger charge is 2.18. The van der Waals surface area contributed by atoms with Crippen molar-refractivity contribution in [2.24, 2.45) is 0 Å². The van der Waals surface area contributed by atoms with E-state index >= 15 is 0 Å². The van der Waals surface area contributed by atoms with Crippen molar-refractivity contribution in [3.05, 3.63) is 39.5 Å². The molecule has 126 valence electrons. The Bertz CT molecular complexity index is 785. The van der Waals surface area contributed by atoms with Crippen molar-refractivity contribution in [1.29, 1.82) is 5.26 Å². The van der Waals surface area contributed by atoms with E-state index in [2.05, 4.69) is 32.4 Å². The topological polar surface area (TPSA) is 79.9 Å². The maximum absolute atomic E-state index is 12.3. The van der Waals surface area contributed by atoms with Gasteiger partial charge in [0.2, 0.25) is 0 Å². The average molecular weight is 412 g/mol. The summed E-state index contributed by atoms with van der Waals surface area (Å²) < 4.78 is 7.93. The zero-order valence-corrected chi connectivity index (χ0v) is 15.6. The van der Waals surface area contributed by atoms with Crippen molar-refractivity contribution in [1.82, 2.24) is 9.78 Å². The molecule has 0 spiro atoms. The molecule has 0 saturated carbocycles. The number of aromatic nitrogens is 2. The van der Waals surface area contributed by atoms with Gasteiger partial charge in [0.25, 0.3) is 5.91 Å². The van der Waals surface area contributed by atoms with Crippen LogP contribution in [0.2, 0.25) is 5.02 Å². The Morgan fingerprint density at radius 2 is 2.29 bits per heavy atom. The minimum Gasteiger partial charge on any atom is -0.480 e. The Morgan fingerprint density at radius 3 is 2.96 bits per heavy atom. The Balaban J connectivity index is 2.05. The van der Waals surface area contributed by atoms with Crippen LogP contribution in [0.15, 0.2) is 28.7 Å². The van der Waals surface area contributed by atoms with Crippen molar-refractivity contribution < 1.29 is 9.53 Å². The van der Waals surface area contributed by atoms with Crippen LogP contribution in [-0.2, 0) is 11.3 Å². The summed E-state index contributed by atoms with van der Waals surface area (Å²) in [5, 5.41) is 16.3. The van der Waals surface area contributed by atoms with Gasteiger partial charge in [-0.25, -0.2) is 4.68 Å². The van der Waals surface area contributed by atoms with Gasteiger partial charge in [-0.2, -0.15) is 10.4 Å². The molecule has 1 atom stereocenters. The van der Waals surface area contributed by atoms with E-state index in [1.54, 1.807) is 35.9 Å². The maximum atomic E-state index is 12.3. The molecule has 0 fully saturated rings. The highest BCUT2D eigenvalue weighted by Crippen LogP contribution is 2.28. The number of ether oxygens (including phenoxy) is 1. The number of aryl methyl sites for hydroxylation is 2. The summed E-state index contributed by atoms with van der Waals surface area (Å²) in [4.78, 5) is 12.3. The van der Waals surface area contributed by atoms with E-state index in [9.17, 15) is 4.79 Å². The molecule has 1 aromatic carbocycles. The van der Waals surface area contributed by atoms with Gasteiger partial charge in [0.05, 0.1) is 29.2 Å². The van der Waals surface area contributed by atoms with Gasteiger partial charge in [0.15, 0.2) is 6.10 Å². The van der Waals surface area contributed by atoms with E-state index in [1.165, 1.54) is 0 Å². The lowest BCUT2D eigenvalue weighted by atomic mass is 10.3. The molecule has 6 nitrogen and oxygen atoms in total. The van der Waals surface area contributed by atoms with Crippen molar-refractivity contribution >= 4 is 39.3 Å². The van der Waals surface area contributed by atoms with Crippen LogP contribution in [0.4, 0.5) is 5.82 Å². The van der Waals surface area contributed by atoms with Gasteiger partial charge in [-0.05, 0) is 48.0 Å². The first kappa shape index (κ1) is 18.3. The predicted octanol–water partition coefficient (Wildman–Crippen LogP) is 3.93. The number of amides is 1. The number of anilines is 1. The van der Waals surface area contributed by atoms with E-state index in [4.69, 9.17) is 21.6 Å². The first-order valence-corrected chi connectivity index (χ1v) is 8.41. The Kier molecular flexibility index (Phi) is 6.23. The molecule has 8 heteroatoms. The first-order chi connectivity index (χ1) is 11.4. The lowest BCUT2D eigenvalue weighted by Gasteiger charge is -2.16. The first-order valence-electron chi connectivity index (χ1n) is 7.24. The average Bonchev–Trinajstić information content (AvgIpc) is 2.87. The summed E-state index contributed by atoms with van der Waals surface area (Å²) in [6.45, 7) is 3.89. The number of carbonyl (C=O) groups is 1. The third kappa shape index (κ3) is 4.73. The fourth-order valence-corrected chi connectivity index (χ4v) is 2.79. The van der Waals surface area contributed by atoms with Crippen LogP contribution in [0.1, 0.15) is 19.0 Å². The third-order valence-corrected chi connectivity index (χ3v) is 4.01. The molecular weight excluding hydrogens is 396 g/mol. The van der Waals surface area contributed by atoms with Crippen LogP contribution in [0, 0.1) is 18.3 Å². The predicted molar refractivity (Wildman–Crippen MR) is 95.1 cm³/mol. The summed E-state index contributed by atoms with van der Waals surface area (Å²) >= 11 is 9.24. The van der Waals surface area contributed by atoms with E-state index in [-0.39, 0.29) is 5.91 Å². The van der Waals surface area contributed by atoms with Crippen LogP contribution in [-0.4, -0.2) is 21.8 Å². The van der Waals surface area contributed by atoms with E-state index in [1.807, 2.05) is 6.92 Å². The zero-order valence-electron chi connectivity index (χ0n) is 13.2. The number of benzene rings is 1. The summed E-state index contributed by atoms with van der Waals surface area (Å²) in [7, 11) is 0. The quantitative estimate of drug-likeness (QED) is 0.781. The number of nitrogens with one attached hydrogen (secondary N) is 1. The van der Waals surface area contributed by atoms with Gasteiger partial charge < -0.3 is 10.1 Å². The second-order valence-corrected chi connectivity index (χ2v) is 6.42. The largest absolute Gasteiger partial charge is 0.480 e. The minimum atomic E-state index is -0.720. The van der Waals surface area contributed by atoms with Crippen molar-refractivity contribution in [2.75, 3.05) is 5.32 Å². The van der Waals surface area contributed by atoms with Crippen LogP contribution in [0.5, 0.6) is 5.75 Å². The monoisotopic (exact) mass is 410 g/mol. The van der Waals surface area contributed by atoms with Crippen LogP contribution in [0.25, 0.3) is 0 Å². The number of hydrogen-bond acceptors (Lipinski definition) is 4. The maximum Gasteiger partial charge on any atom is 0.266 e. The third-order valence-electron chi connectivity index (χ3n) is 3.16. The summed E-state index contributed by atoms with van der Waals surface area (Å²) in [6.07, 6.45) is -0.407. The summed E-state index contributed by atoms with van der Waals surface area (Å²) in [5.41, 5.74) is 0.761. The lowest BCUT2D eigenvalue weighted by Crippen LogP contribution is -2.31. The molecule has 1 unspecified atom stereocenters. The Hall–Kier alpha value is -2.04. The molecule has 0 saturated heterocycles. The minimum absolute atomic E-state index is 0.310. The fraction of sp³-hybridized carbons (Fsp3) is 0.312. The van der Waals surface area contributed by atoms with Crippen LogP contribution >= 0.6 is 27.5 Å². The molecule has 24 heavy (non-hydrogen) atoms. The normalized spacial score (nSPS) is 11.6. The highest BCUT2D eigenvalue weighted by atomic mass is 79.9. The molecular formula is C16H16BrClN4O2. The molecule has 2 rings (SSSR count). The number of halogens is 2. The molecule has 1 heterocycles. The SMILES string of the molecule is Cc1cc(NC(=O)C(C)Oc2ccc(Cl)cc2Br)n(CCC#N)n1. The van der Waals surface area contributed by atoms with E-state index in [0.29, 0.717) is 34.0 Å². The van der Waals surface area contributed by atoms with Gasteiger partial charge in [-0.3, -0.25) is 4.79 Å². The summed E-state index contributed by atoms with van der Waals surface area (Å²) in [6, 6.07) is 8.88. The van der Waals surface area contributed by atoms with Gasteiger partial charge in [-0.1, -0.05) is 11.6 Å². The molecule has 2 aromatic rings. The number of nitriles is 1. The number of rotatable bonds is 6. The van der Waals surface area contributed by atoms with Crippen molar-refractivity contribution in [2.45, 2.75) is 32.9 Å². The Labute approximate surface area is 153 Å². The summed E-state index contributed by atoms with van der Waals surface area (Å²) in [5.74, 6) is 0.754. The fourth-order valence-electron chi connectivity index (χ4n) is 2.02. The Morgan fingerprint density at radius 1 is 1.54 bits per heavy atom. The second-order valence-electron chi connectivity index (χ2n) is 5.13.